The topological polar surface area (TPSA) is 32.3 Å². The first-order valence-corrected chi connectivity index (χ1v) is 9.72. The number of halogens is 2. The van der Waals surface area contributed by atoms with E-state index in [9.17, 15) is 4.79 Å². The lowest BCUT2D eigenvalue weighted by Crippen LogP contribution is -2.42. The number of hydrogen-bond donors (Lipinski definition) is 1. The summed E-state index contributed by atoms with van der Waals surface area (Å²) in [5.74, 6) is 0.217. The second kappa shape index (κ2) is 7.56. The average molecular weight is 428 g/mol. The SMILES string of the molecule is Cl.O=C(c1ccc(-c2ccc(Br)cc2)s1)N1C2CCNCC1CC2. The van der Waals surface area contributed by atoms with E-state index in [0.29, 0.717) is 12.1 Å². The molecule has 1 N–H and O–H groups in total. The molecule has 0 spiro atoms. The molecule has 3 nitrogen and oxygen atoms in total. The average Bonchev–Trinajstić information content (AvgIpc) is 3.11. The first-order valence-electron chi connectivity index (χ1n) is 8.11. The minimum absolute atomic E-state index is 0. The quantitative estimate of drug-likeness (QED) is 0.761. The van der Waals surface area contributed by atoms with Crippen LogP contribution in [0.1, 0.15) is 28.9 Å². The van der Waals surface area contributed by atoms with E-state index in [2.05, 4.69) is 44.3 Å². The number of nitrogens with one attached hydrogen (secondary N) is 1. The second-order valence-corrected chi connectivity index (χ2v) is 8.26. The third-order valence-electron chi connectivity index (χ3n) is 4.83. The molecule has 2 bridgehead atoms. The number of benzene rings is 1. The number of thiophene rings is 1. The fourth-order valence-corrected chi connectivity index (χ4v) is 4.88. The van der Waals surface area contributed by atoms with Crippen LogP contribution in [0.2, 0.25) is 0 Å². The van der Waals surface area contributed by atoms with E-state index in [1.54, 1.807) is 11.3 Å². The Kier molecular flexibility index (Phi) is 5.65. The van der Waals surface area contributed by atoms with Crippen LogP contribution < -0.4 is 5.32 Å². The Labute approximate surface area is 161 Å². The molecule has 1 aromatic heterocycles. The fraction of sp³-hybridized carbons (Fsp3) is 0.389. The van der Waals surface area contributed by atoms with Crippen LogP contribution in [0.15, 0.2) is 40.9 Å². The van der Waals surface area contributed by atoms with Crippen LogP contribution in [0, 0.1) is 0 Å². The van der Waals surface area contributed by atoms with E-state index < -0.39 is 0 Å². The van der Waals surface area contributed by atoms with Crippen LogP contribution >= 0.6 is 39.7 Å². The van der Waals surface area contributed by atoms with Gasteiger partial charge < -0.3 is 10.2 Å². The molecule has 1 amide bonds. The highest BCUT2D eigenvalue weighted by Crippen LogP contribution is 2.34. The highest BCUT2D eigenvalue weighted by Gasteiger charge is 2.38. The molecular weight excluding hydrogens is 408 g/mol. The lowest BCUT2D eigenvalue weighted by molar-refractivity contribution is 0.0685. The van der Waals surface area contributed by atoms with E-state index in [1.165, 1.54) is 0 Å². The molecule has 0 aliphatic carbocycles. The van der Waals surface area contributed by atoms with Crippen LogP contribution in [0.25, 0.3) is 10.4 Å². The number of carbonyl (C=O) groups is 1. The first-order chi connectivity index (χ1) is 11.2. The zero-order valence-corrected chi connectivity index (χ0v) is 16.4. The lowest BCUT2D eigenvalue weighted by atomic mass is 10.1. The number of fused-ring (bicyclic) bond motifs is 2. The minimum atomic E-state index is 0. The van der Waals surface area contributed by atoms with Crippen molar-refractivity contribution in [2.45, 2.75) is 31.3 Å². The molecule has 6 heteroatoms. The molecule has 2 aromatic rings. The van der Waals surface area contributed by atoms with Gasteiger partial charge in [-0.1, -0.05) is 28.1 Å². The van der Waals surface area contributed by atoms with Gasteiger partial charge in [-0.05, 0) is 55.6 Å². The van der Waals surface area contributed by atoms with Gasteiger partial charge in [-0.25, -0.2) is 0 Å². The molecule has 2 unspecified atom stereocenters. The largest absolute Gasteiger partial charge is 0.331 e. The summed E-state index contributed by atoms with van der Waals surface area (Å²) in [4.78, 5) is 17.2. The number of rotatable bonds is 2. The van der Waals surface area contributed by atoms with Crippen molar-refractivity contribution in [1.29, 1.82) is 0 Å². The Morgan fingerprint density at radius 2 is 1.83 bits per heavy atom. The van der Waals surface area contributed by atoms with E-state index >= 15 is 0 Å². The van der Waals surface area contributed by atoms with Crippen LogP contribution in [0.4, 0.5) is 0 Å². The summed E-state index contributed by atoms with van der Waals surface area (Å²) in [6, 6.07) is 13.1. The van der Waals surface area contributed by atoms with Crippen molar-refractivity contribution in [1.82, 2.24) is 10.2 Å². The van der Waals surface area contributed by atoms with Gasteiger partial charge in [0.15, 0.2) is 0 Å². The van der Waals surface area contributed by atoms with Gasteiger partial charge in [0.25, 0.3) is 5.91 Å². The van der Waals surface area contributed by atoms with Gasteiger partial charge in [0.1, 0.15) is 0 Å². The van der Waals surface area contributed by atoms with Crippen LogP contribution in [0.3, 0.4) is 0 Å². The van der Waals surface area contributed by atoms with Crippen molar-refractivity contribution in [3.63, 3.8) is 0 Å². The normalized spacial score (nSPS) is 22.8. The monoisotopic (exact) mass is 426 g/mol. The predicted octanol–water partition coefficient (Wildman–Crippen LogP) is 4.57. The van der Waals surface area contributed by atoms with Crippen molar-refractivity contribution in [3.05, 3.63) is 45.7 Å². The van der Waals surface area contributed by atoms with Gasteiger partial charge >= 0.3 is 0 Å². The molecule has 0 saturated carbocycles. The fourth-order valence-electron chi connectivity index (χ4n) is 3.66. The van der Waals surface area contributed by atoms with Gasteiger partial charge in [0.05, 0.1) is 4.88 Å². The summed E-state index contributed by atoms with van der Waals surface area (Å²) in [5, 5.41) is 3.46. The highest BCUT2D eigenvalue weighted by molar-refractivity contribution is 9.10. The van der Waals surface area contributed by atoms with Gasteiger partial charge in [0, 0.05) is 28.0 Å². The molecule has 2 aliphatic heterocycles. The molecule has 4 rings (SSSR count). The Balaban J connectivity index is 0.00000169. The smallest absolute Gasteiger partial charge is 0.264 e. The standard InChI is InChI=1S/C18H19BrN2OS.ClH/c19-13-3-1-12(2-4-13)16-7-8-17(23-16)18(22)21-14-5-6-15(21)11-20-10-9-14;/h1-4,7-8,14-15,20H,5-6,9-11H2;1H. The molecule has 2 saturated heterocycles. The first kappa shape index (κ1) is 17.9. The minimum Gasteiger partial charge on any atom is -0.331 e. The molecule has 2 fully saturated rings. The van der Waals surface area contributed by atoms with Gasteiger partial charge in [-0.2, -0.15) is 0 Å². The molecular formula is C18H20BrClN2OS. The molecule has 24 heavy (non-hydrogen) atoms. The van der Waals surface area contributed by atoms with Crippen LogP contribution in [-0.2, 0) is 0 Å². The van der Waals surface area contributed by atoms with E-state index in [4.69, 9.17) is 0 Å². The Hall–Kier alpha value is -0.880. The summed E-state index contributed by atoms with van der Waals surface area (Å²) in [7, 11) is 0. The third kappa shape index (κ3) is 3.40. The van der Waals surface area contributed by atoms with E-state index in [-0.39, 0.29) is 18.3 Å². The molecule has 128 valence electrons. The number of hydrogen-bond acceptors (Lipinski definition) is 3. The van der Waals surface area contributed by atoms with E-state index in [0.717, 1.165) is 52.1 Å². The van der Waals surface area contributed by atoms with Crippen LogP contribution in [-0.4, -0.2) is 36.0 Å². The number of nitrogens with zero attached hydrogens (tertiary/aromatic N) is 1. The molecule has 1 aromatic carbocycles. The molecule has 2 aliphatic rings. The lowest BCUT2D eigenvalue weighted by Gasteiger charge is -2.27. The summed E-state index contributed by atoms with van der Waals surface area (Å²) in [6.07, 6.45) is 3.37. The summed E-state index contributed by atoms with van der Waals surface area (Å²) in [5.41, 5.74) is 1.16. The van der Waals surface area contributed by atoms with Crippen molar-refractivity contribution in [3.8, 4) is 10.4 Å². The van der Waals surface area contributed by atoms with Crippen molar-refractivity contribution < 1.29 is 4.79 Å². The number of carbonyl (C=O) groups excluding carboxylic acids is 1. The summed E-state index contributed by atoms with van der Waals surface area (Å²) >= 11 is 5.07. The van der Waals surface area contributed by atoms with Crippen LogP contribution in [0.5, 0.6) is 0 Å². The highest BCUT2D eigenvalue weighted by atomic mass is 79.9. The zero-order chi connectivity index (χ0) is 15.8. The maximum absolute atomic E-state index is 13.0. The van der Waals surface area contributed by atoms with Gasteiger partial charge in [-0.3, -0.25) is 4.79 Å². The third-order valence-corrected chi connectivity index (χ3v) is 6.49. The van der Waals surface area contributed by atoms with Crippen molar-refractivity contribution >= 4 is 45.6 Å². The van der Waals surface area contributed by atoms with Gasteiger partial charge in [0.2, 0.25) is 0 Å². The zero-order valence-electron chi connectivity index (χ0n) is 13.2. The maximum atomic E-state index is 13.0. The Bertz CT molecular complexity index is 704. The summed E-state index contributed by atoms with van der Waals surface area (Å²) in [6.45, 7) is 1.96. The Morgan fingerprint density at radius 1 is 1.08 bits per heavy atom. The maximum Gasteiger partial charge on any atom is 0.264 e. The van der Waals surface area contributed by atoms with Crippen molar-refractivity contribution in [2.75, 3.05) is 13.1 Å². The molecule has 2 atom stereocenters. The van der Waals surface area contributed by atoms with Crippen molar-refractivity contribution in [2.24, 2.45) is 0 Å². The van der Waals surface area contributed by atoms with Gasteiger partial charge in [-0.15, -0.1) is 23.7 Å². The molecule has 3 heterocycles. The molecule has 0 radical (unpaired) electrons. The predicted molar refractivity (Wildman–Crippen MR) is 105 cm³/mol. The van der Waals surface area contributed by atoms with E-state index in [1.807, 2.05) is 18.2 Å². The number of amides is 1. The summed E-state index contributed by atoms with van der Waals surface area (Å²) < 4.78 is 1.07. The Morgan fingerprint density at radius 3 is 2.62 bits per heavy atom. The second-order valence-electron chi connectivity index (χ2n) is 6.26.